The molecule has 1 fully saturated rings. The summed E-state index contributed by atoms with van der Waals surface area (Å²) < 4.78 is 56.0. The molecule has 0 amide bonds. The molecule has 1 aliphatic carbocycles. The lowest BCUT2D eigenvalue weighted by atomic mass is 9.96. The van der Waals surface area contributed by atoms with Crippen molar-refractivity contribution in [3.05, 3.63) is 70.7 Å². The van der Waals surface area contributed by atoms with Gasteiger partial charge in [0.2, 0.25) is 5.95 Å². The summed E-state index contributed by atoms with van der Waals surface area (Å²) in [6.07, 6.45) is -1.75. The van der Waals surface area contributed by atoms with E-state index in [2.05, 4.69) is 70.2 Å². The molecule has 0 saturated heterocycles. The molecule has 0 spiro atoms. The molecule has 3 aromatic rings. The third kappa shape index (κ3) is 6.81. The molecule has 0 radical (unpaired) electrons. The van der Waals surface area contributed by atoms with Crippen molar-refractivity contribution in [2.45, 2.75) is 77.7 Å². The van der Waals surface area contributed by atoms with E-state index in [9.17, 15) is 27.9 Å². The van der Waals surface area contributed by atoms with Gasteiger partial charge in [-0.25, -0.2) is 4.98 Å². The van der Waals surface area contributed by atoms with Crippen LogP contribution in [0.15, 0.2) is 42.4 Å². The Balaban J connectivity index is 1.67. The minimum Gasteiger partial charge on any atom is -0.383 e. The quantitative estimate of drug-likeness (QED) is 0.122. The van der Waals surface area contributed by atoms with Crippen molar-refractivity contribution in [1.29, 1.82) is 5.26 Å². The number of nitriles is 1. The van der Waals surface area contributed by atoms with Crippen LogP contribution in [-0.2, 0) is 0 Å². The number of alkyl halides is 3. The topological polar surface area (TPSA) is 121 Å². The van der Waals surface area contributed by atoms with Crippen molar-refractivity contribution >= 4 is 22.3 Å². The summed E-state index contributed by atoms with van der Waals surface area (Å²) >= 11 is 0. The highest BCUT2D eigenvalue weighted by molar-refractivity contribution is 5.99. The second-order valence-electron chi connectivity index (χ2n) is 13.4. The highest BCUT2D eigenvalue weighted by atomic mass is 19.4. The first-order valence-corrected chi connectivity index (χ1v) is 14.8. The third-order valence-electron chi connectivity index (χ3n) is 7.72. The standard InChI is InChI=1S/C33H36F4N8O/c1-19-23(7-8-26(34)41-19)29(25-17-45(44-43-25)32(11-12-32)33(35,36)37)42-22-13-20(9-10-31(5,6)46)27-24(14-22)28(21(15-38)16-39-27)40-18-30(2,3)4/h7-8,13-14,16-17,29,42-44,46H,11-12,18H2,1-6H3,(H,39,40). The van der Waals surface area contributed by atoms with Gasteiger partial charge < -0.3 is 21.2 Å². The van der Waals surface area contributed by atoms with E-state index in [1.54, 1.807) is 32.9 Å². The fourth-order valence-corrected chi connectivity index (χ4v) is 5.15. The predicted octanol–water partition coefficient (Wildman–Crippen LogP) is 5.94. The Morgan fingerprint density at radius 2 is 1.85 bits per heavy atom. The van der Waals surface area contributed by atoms with Crippen LogP contribution in [0, 0.1) is 41.5 Å². The Labute approximate surface area is 265 Å². The number of aromatic nitrogens is 2. The second kappa shape index (κ2) is 11.6. The molecule has 1 aliphatic heterocycles. The van der Waals surface area contributed by atoms with Crippen LogP contribution in [-0.4, -0.2) is 43.9 Å². The number of hydrogen-bond acceptors (Lipinski definition) is 9. The highest BCUT2D eigenvalue weighted by Crippen LogP contribution is 2.53. The summed E-state index contributed by atoms with van der Waals surface area (Å²) in [5.74, 6) is 5.13. The molecule has 1 aromatic carbocycles. The number of benzene rings is 1. The maximum Gasteiger partial charge on any atom is 0.413 e. The van der Waals surface area contributed by atoms with Gasteiger partial charge in [0.25, 0.3) is 0 Å². The van der Waals surface area contributed by atoms with Crippen LogP contribution in [0.5, 0.6) is 0 Å². The van der Waals surface area contributed by atoms with Crippen LogP contribution in [0.4, 0.5) is 28.9 Å². The lowest BCUT2D eigenvalue weighted by Crippen LogP contribution is -2.52. The third-order valence-corrected chi connectivity index (χ3v) is 7.72. The first-order chi connectivity index (χ1) is 21.4. The Kier molecular flexibility index (Phi) is 8.30. The molecule has 3 heterocycles. The first kappa shape index (κ1) is 32.8. The molecular weight excluding hydrogens is 600 g/mol. The molecule has 2 aromatic heterocycles. The molecule has 1 saturated carbocycles. The average molecular weight is 637 g/mol. The Bertz CT molecular complexity index is 1800. The van der Waals surface area contributed by atoms with Crippen molar-refractivity contribution in [3.63, 3.8) is 0 Å². The van der Waals surface area contributed by atoms with E-state index in [-0.39, 0.29) is 18.3 Å². The van der Waals surface area contributed by atoms with E-state index in [1.807, 2.05) is 0 Å². The number of nitrogens with zero attached hydrogens (tertiary/aromatic N) is 4. The van der Waals surface area contributed by atoms with Gasteiger partial charge in [-0.2, -0.15) is 22.8 Å². The van der Waals surface area contributed by atoms with E-state index in [0.717, 1.165) is 5.01 Å². The van der Waals surface area contributed by atoms with E-state index in [1.165, 1.54) is 24.5 Å². The molecule has 9 nitrogen and oxygen atoms in total. The van der Waals surface area contributed by atoms with E-state index >= 15 is 0 Å². The number of halogens is 4. The summed E-state index contributed by atoms with van der Waals surface area (Å²) in [6.45, 7) is 11.4. The van der Waals surface area contributed by atoms with Gasteiger partial charge in [0, 0.05) is 41.3 Å². The number of aryl methyl sites for hydroxylation is 1. The molecule has 46 heavy (non-hydrogen) atoms. The van der Waals surface area contributed by atoms with Crippen LogP contribution >= 0.6 is 0 Å². The zero-order valence-electron chi connectivity index (χ0n) is 26.4. The van der Waals surface area contributed by atoms with E-state index in [0.29, 0.717) is 56.9 Å². The summed E-state index contributed by atoms with van der Waals surface area (Å²) in [7, 11) is 0. The number of nitrogens with one attached hydrogen (secondary N) is 4. The van der Waals surface area contributed by atoms with Gasteiger partial charge in [0.05, 0.1) is 34.1 Å². The van der Waals surface area contributed by atoms with Crippen LogP contribution in [0.25, 0.3) is 10.9 Å². The van der Waals surface area contributed by atoms with Crippen molar-refractivity contribution in [2.75, 3.05) is 17.2 Å². The molecule has 242 valence electrons. The van der Waals surface area contributed by atoms with Gasteiger partial charge in [-0.15, -0.1) is 5.53 Å². The second-order valence-corrected chi connectivity index (χ2v) is 13.4. The first-order valence-electron chi connectivity index (χ1n) is 14.8. The van der Waals surface area contributed by atoms with Crippen LogP contribution in [0.1, 0.15) is 75.9 Å². The van der Waals surface area contributed by atoms with Crippen molar-refractivity contribution in [1.82, 2.24) is 25.9 Å². The number of hydrogen-bond donors (Lipinski definition) is 5. The fourth-order valence-electron chi connectivity index (χ4n) is 5.15. The number of rotatable bonds is 7. The average Bonchev–Trinajstić information content (AvgIpc) is 3.64. The van der Waals surface area contributed by atoms with Gasteiger partial charge in [0.15, 0.2) is 5.54 Å². The smallest absolute Gasteiger partial charge is 0.383 e. The number of fused-ring (bicyclic) bond motifs is 1. The van der Waals surface area contributed by atoms with Gasteiger partial charge in [0.1, 0.15) is 11.7 Å². The van der Waals surface area contributed by atoms with Crippen LogP contribution in [0.2, 0.25) is 0 Å². The maximum atomic E-state index is 14.1. The van der Waals surface area contributed by atoms with Crippen molar-refractivity contribution < 1.29 is 22.7 Å². The predicted molar refractivity (Wildman–Crippen MR) is 167 cm³/mol. The summed E-state index contributed by atoms with van der Waals surface area (Å²) in [5.41, 5.74) is 5.49. The van der Waals surface area contributed by atoms with Crippen LogP contribution < -0.4 is 21.6 Å². The van der Waals surface area contributed by atoms with Gasteiger partial charge in [-0.3, -0.25) is 9.99 Å². The maximum absolute atomic E-state index is 14.1. The summed E-state index contributed by atoms with van der Waals surface area (Å²) in [6, 6.07) is 7.58. The van der Waals surface area contributed by atoms with Crippen molar-refractivity contribution in [2.24, 2.45) is 5.41 Å². The SMILES string of the molecule is Cc1nc(F)ccc1C(Nc1cc(C#CC(C)(C)O)c2ncc(C#N)c(NCC(C)(C)C)c2c1)C1=CN(C2(C(F)(F)F)CC2)NN1. The molecule has 13 heteroatoms. The van der Waals surface area contributed by atoms with Crippen molar-refractivity contribution in [3.8, 4) is 17.9 Å². The molecule has 0 bridgehead atoms. The van der Waals surface area contributed by atoms with Gasteiger partial charge >= 0.3 is 6.18 Å². The molecule has 2 aliphatic rings. The molecule has 5 rings (SSSR count). The summed E-state index contributed by atoms with van der Waals surface area (Å²) in [4.78, 5) is 8.48. The van der Waals surface area contributed by atoms with E-state index in [4.69, 9.17) is 0 Å². The Morgan fingerprint density at radius 1 is 1.13 bits per heavy atom. The lowest BCUT2D eigenvalue weighted by Gasteiger charge is -2.28. The van der Waals surface area contributed by atoms with E-state index < -0.39 is 29.3 Å². The molecule has 5 N–H and O–H groups in total. The number of hydrazine groups is 2. The van der Waals surface area contributed by atoms with Gasteiger partial charge in [-0.05, 0) is 57.2 Å². The largest absolute Gasteiger partial charge is 0.413 e. The van der Waals surface area contributed by atoms with Crippen LogP contribution in [0.3, 0.4) is 0 Å². The molecule has 1 unspecified atom stereocenters. The zero-order valence-corrected chi connectivity index (χ0v) is 26.4. The molecular formula is C33H36F4N8O. The lowest BCUT2D eigenvalue weighted by molar-refractivity contribution is -0.195. The normalized spacial score (nSPS) is 16.6. The Morgan fingerprint density at radius 3 is 2.43 bits per heavy atom. The van der Waals surface area contributed by atoms with Gasteiger partial charge in [-0.1, -0.05) is 38.7 Å². The monoisotopic (exact) mass is 636 g/mol. The number of pyridine rings is 2. The number of anilines is 2. The minimum atomic E-state index is -4.46. The highest BCUT2D eigenvalue weighted by Gasteiger charge is 2.67. The number of aliphatic hydroxyl groups is 1. The Hall–Kier alpha value is -4.59. The fraction of sp³-hybridized carbons (Fsp3) is 0.424. The molecule has 1 atom stereocenters. The zero-order chi connectivity index (χ0) is 33.7. The summed E-state index contributed by atoms with van der Waals surface area (Å²) in [5, 5.41) is 28.7. The minimum absolute atomic E-state index is 0.0589.